The number of anilines is 1. The van der Waals surface area contributed by atoms with Crippen molar-refractivity contribution in [3.63, 3.8) is 0 Å². The van der Waals surface area contributed by atoms with Crippen molar-refractivity contribution in [2.75, 3.05) is 5.73 Å². The number of hydrogen-bond acceptors (Lipinski definition) is 5. The van der Waals surface area contributed by atoms with E-state index in [1.165, 1.54) is 12.2 Å². The normalized spacial score (nSPS) is 12.2. The van der Waals surface area contributed by atoms with Gasteiger partial charge in [-0.25, -0.2) is 9.97 Å². The van der Waals surface area contributed by atoms with E-state index in [0.29, 0.717) is 4.90 Å². The zero-order valence-corrected chi connectivity index (χ0v) is 13.2. The van der Waals surface area contributed by atoms with E-state index < -0.39 is 30.2 Å². The van der Waals surface area contributed by atoms with E-state index in [9.17, 15) is 22.8 Å². The van der Waals surface area contributed by atoms with Gasteiger partial charge in [-0.1, -0.05) is 18.7 Å². The molecule has 1 aromatic heterocycles. The molecule has 0 unspecified atom stereocenters. The van der Waals surface area contributed by atoms with Crippen LogP contribution in [-0.4, -0.2) is 32.9 Å². The molecule has 2 amide bonds. The largest absolute Gasteiger partial charge is 0.471 e. The Balaban J connectivity index is 3.35. The van der Waals surface area contributed by atoms with Crippen LogP contribution in [0.2, 0.25) is 0 Å². The van der Waals surface area contributed by atoms with Crippen molar-refractivity contribution < 1.29 is 22.8 Å². The summed E-state index contributed by atoms with van der Waals surface area (Å²) >= 11 is 0. The Labute approximate surface area is 141 Å². The van der Waals surface area contributed by atoms with Crippen LogP contribution < -0.4 is 11.5 Å². The highest BCUT2D eigenvalue weighted by Gasteiger charge is 2.43. The summed E-state index contributed by atoms with van der Waals surface area (Å²) in [5.41, 5.74) is 9.90. The van der Waals surface area contributed by atoms with Crippen molar-refractivity contribution in [2.24, 2.45) is 5.73 Å². The molecule has 10 heteroatoms. The van der Waals surface area contributed by atoms with Crippen molar-refractivity contribution in [1.82, 2.24) is 14.9 Å². The topological polar surface area (TPSA) is 115 Å². The zero-order valence-electron chi connectivity index (χ0n) is 13.2. The van der Waals surface area contributed by atoms with Crippen LogP contribution in [0.15, 0.2) is 42.8 Å². The zero-order chi connectivity index (χ0) is 19.2. The fourth-order valence-corrected chi connectivity index (χ4v) is 1.75. The lowest BCUT2D eigenvalue weighted by Gasteiger charge is -2.24. The van der Waals surface area contributed by atoms with E-state index >= 15 is 0 Å². The molecule has 0 aromatic carbocycles. The van der Waals surface area contributed by atoms with Crippen LogP contribution in [-0.2, 0) is 11.3 Å². The highest BCUT2D eigenvalue weighted by Crippen LogP contribution is 2.23. The molecule has 0 saturated heterocycles. The molecule has 4 N–H and O–H groups in total. The Morgan fingerprint density at radius 3 is 2.52 bits per heavy atom. The number of carbonyl (C=O) groups is 2. The van der Waals surface area contributed by atoms with Gasteiger partial charge in [0.25, 0.3) is 5.91 Å². The Morgan fingerprint density at radius 2 is 2.04 bits per heavy atom. The van der Waals surface area contributed by atoms with Gasteiger partial charge >= 0.3 is 12.1 Å². The highest BCUT2D eigenvalue weighted by atomic mass is 19.4. The summed E-state index contributed by atoms with van der Waals surface area (Å²) in [5.74, 6) is -3.38. The van der Waals surface area contributed by atoms with Crippen molar-refractivity contribution in [3.05, 3.63) is 54.2 Å². The van der Waals surface area contributed by atoms with E-state index in [1.54, 1.807) is 13.0 Å². The Kier molecular flexibility index (Phi) is 6.43. The number of nitrogen functional groups attached to an aromatic ring is 1. The van der Waals surface area contributed by atoms with Gasteiger partial charge in [0.2, 0.25) is 0 Å². The summed E-state index contributed by atoms with van der Waals surface area (Å²) in [6.45, 7) is 4.45. The molecule has 0 fully saturated rings. The van der Waals surface area contributed by atoms with Crippen LogP contribution in [0.3, 0.4) is 0 Å². The van der Waals surface area contributed by atoms with Crippen LogP contribution >= 0.6 is 0 Å². The van der Waals surface area contributed by atoms with E-state index in [0.717, 1.165) is 12.3 Å². The lowest BCUT2D eigenvalue weighted by Crippen LogP contribution is -2.40. The van der Waals surface area contributed by atoms with Crippen molar-refractivity contribution >= 4 is 17.6 Å². The van der Waals surface area contributed by atoms with Crippen LogP contribution in [0.1, 0.15) is 23.1 Å². The predicted molar refractivity (Wildman–Crippen MR) is 84.7 cm³/mol. The van der Waals surface area contributed by atoms with Crippen molar-refractivity contribution in [1.29, 1.82) is 0 Å². The SMILES string of the molecule is C=CC(=CC=CC)N(Cc1cnc(N)c(C(N)=O)n1)C(=O)C(F)(F)F. The molecule has 1 aromatic rings. The molecular formula is C15H16F3N5O2. The third-order valence-corrected chi connectivity index (χ3v) is 2.87. The fraction of sp³-hybridized carbons (Fsp3) is 0.200. The number of halogens is 3. The second-order valence-corrected chi connectivity index (χ2v) is 4.67. The second kappa shape index (κ2) is 8.08. The van der Waals surface area contributed by atoms with Crippen molar-refractivity contribution in [3.8, 4) is 0 Å². The minimum atomic E-state index is -5.12. The summed E-state index contributed by atoms with van der Waals surface area (Å²) in [6.07, 6.45) is 1.30. The molecule has 0 saturated carbocycles. The standard InChI is InChI=1S/C15H16F3N5O2/c1-3-5-6-10(4-2)23(14(25)15(16,17)18)8-9-7-21-12(19)11(22-9)13(20)24/h3-7H,2,8H2,1H3,(H2,19,21)(H2,20,24). The van der Waals surface area contributed by atoms with E-state index in [2.05, 4.69) is 16.5 Å². The average Bonchev–Trinajstić information content (AvgIpc) is 2.54. The summed E-state index contributed by atoms with van der Waals surface area (Å²) < 4.78 is 38.7. The first-order valence-corrected chi connectivity index (χ1v) is 6.87. The first-order chi connectivity index (χ1) is 11.6. The second-order valence-electron chi connectivity index (χ2n) is 4.67. The smallest absolute Gasteiger partial charge is 0.382 e. The maximum atomic E-state index is 12.9. The highest BCUT2D eigenvalue weighted by molar-refractivity contribution is 5.94. The first-order valence-electron chi connectivity index (χ1n) is 6.87. The average molecular weight is 355 g/mol. The maximum Gasteiger partial charge on any atom is 0.471 e. The minimum absolute atomic E-state index is 0.103. The third-order valence-electron chi connectivity index (χ3n) is 2.87. The van der Waals surface area contributed by atoms with Gasteiger partial charge in [0.15, 0.2) is 11.5 Å². The Bertz CT molecular complexity index is 741. The molecule has 1 rings (SSSR count). The number of allylic oxidation sites excluding steroid dienone is 4. The lowest BCUT2D eigenvalue weighted by molar-refractivity contribution is -0.183. The van der Waals surface area contributed by atoms with E-state index in [4.69, 9.17) is 11.5 Å². The number of aromatic nitrogens is 2. The molecule has 0 radical (unpaired) electrons. The van der Waals surface area contributed by atoms with Gasteiger partial charge in [-0.15, -0.1) is 0 Å². The molecule has 1 heterocycles. The molecular weight excluding hydrogens is 339 g/mol. The van der Waals surface area contributed by atoms with Crippen LogP contribution in [0.25, 0.3) is 0 Å². The van der Waals surface area contributed by atoms with Crippen LogP contribution in [0.5, 0.6) is 0 Å². The van der Waals surface area contributed by atoms with Crippen molar-refractivity contribution in [2.45, 2.75) is 19.6 Å². The number of carbonyl (C=O) groups excluding carboxylic acids is 2. The quantitative estimate of drug-likeness (QED) is 0.754. The summed E-state index contributed by atoms with van der Waals surface area (Å²) in [4.78, 5) is 30.8. The summed E-state index contributed by atoms with van der Waals surface area (Å²) in [6, 6.07) is 0. The third kappa shape index (κ3) is 5.16. The number of primary amides is 1. The minimum Gasteiger partial charge on any atom is -0.382 e. The number of nitrogens with zero attached hydrogens (tertiary/aromatic N) is 3. The lowest BCUT2D eigenvalue weighted by atomic mass is 10.2. The number of nitrogens with two attached hydrogens (primary N) is 2. The first kappa shape index (κ1) is 19.9. The molecule has 0 spiro atoms. The molecule has 0 bridgehead atoms. The number of hydrogen-bond donors (Lipinski definition) is 2. The van der Waals surface area contributed by atoms with Gasteiger partial charge in [-0.2, -0.15) is 13.2 Å². The van der Waals surface area contributed by atoms with E-state index in [-0.39, 0.29) is 17.2 Å². The Hall–Kier alpha value is -3.17. The van der Waals surface area contributed by atoms with Gasteiger partial charge < -0.3 is 11.5 Å². The molecule has 7 nitrogen and oxygen atoms in total. The maximum absolute atomic E-state index is 12.9. The van der Waals surface area contributed by atoms with Gasteiger partial charge in [0.05, 0.1) is 18.4 Å². The monoisotopic (exact) mass is 355 g/mol. The molecule has 0 aliphatic rings. The molecule has 25 heavy (non-hydrogen) atoms. The number of alkyl halides is 3. The van der Waals surface area contributed by atoms with Crippen LogP contribution in [0.4, 0.5) is 19.0 Å². The number of amides is 2. The molecule has 0 aliphatic carbocycles. The van der Waals surface area contributed by atoms with Gasteiger partial charge in [-0.3, -0.25) is 14.5 Å². The molecule has 0 aliphatic heterocycles. The van der Waals surface area contributed by atoms with Gasteiger partial charge in [0, 0.05) is 5.70 Å². The predicted octanol–water partition coefficient (Wildman–Crippen LogP) is 1.69. The van der Waals surface area contributed by atoms with E-state index in [1.807, 2.05) is 0 Å². The fourth-order valence-electron chi connectivity index (χ4n) is 1.75. The number of rotatable bonds is 6. The van der Waals surface area contributed by atoms with Gasteiger partial charge in [-0.05, 0) is 19.1 Å². The summed E-state index contributed by atoms with van der Waals surface area (Å²) in [5, 5.41) is 0. The van der Waals surface area contributed by atoms with Crippen LogP contribution in [0, 0.1) is 0 Å². The summed E-state index contributed by atoms with van der Waals surface area (Å²) in [7, 11) is 0. The molecule has 134 valence electrons. The van der Waals surface area contributed by atoms with Gasteiger partial charge in [0.1, 0.15) is 0 Å². The molecule has 0 atom stereocenters. The Morgan fingerprint density at radius 1 is 1.40 bits per heavy atom.